The van der Waals surface area contributed by atoms with Gasteiger partial charge in [0.2, 0.25) is 0 Å². The topological polar surface area (TPSA) is 42.2 Å². The number of thiophene rings is 1. The molecule has 2 aromatic heterocycles. The predicted octanol–water partition coefficient (Wildman–Crippen LogP) is 4.17. The van der Waals surface area contributed by atoms with Gasteiger partial charge in [0.25, 0.3) is 0 Å². The van der Waals surface area contributed by atoms with Crippen LogP contribution in [0.1, 0.15) is 4.88 Å². The number of hydrogen-bond acceptors (Lipinski definition) is 4. The van der Waals surface area contributed by atoms with E-state index < -0.39 is 0 Å². The first-order chi connectivity index (χ1) is 9.65. The second-order valence-corrected chi connectivity index (χ2v) is 6.44. The lowest BCUT2D eigenvalue weighted by molar-refractivity contribution is 0.944. The fraction of sp³-hybridized carbons (Fsp3) is 0.133. The molecule has 2 N–H and O–H groups in total. The highest BCUT2D eigenvalue weighted by atomic mass is 35.5. The van der Waals surface area contributed by atoms with E-state index in [2.05, 4.69) is 23.0 Å². The Morgan fingerprint density at radius 2 is 2.10 bits per heavy atom. The van der Waals surface area contributed by atoms with Gasteiger partial charge in [-0.1, -0.05) is 23.7 Å². The van der Waals surface area contributed by atoms with E-state index >= 15 is 0 Å². The Labute approximate surface area is 126 Å². The highest BCUT2D eigenvalue weighted by Gasteiger charge is 2.09. The standard InChI is InChI=1S/C15H14ClN3S/c1-19(9-10-5-6-14(16)20-10)13-7-8-18-15-11(13)3-2-4-12(15)17/h2-8H,9,17H2,1H3. The van der Waals surface area contributed by atoms with E-state index in [4.69, 9.17) is 17.3 Å². The average Bonchev–Trinajstić information content (AvgIpc) is 2.84. The molecule has 0 fully saturated rings. The molecule has 0 atom stereocenters. The lowest BCUT2D eigenvalue weighted by Crippen LogP contribution is -2.16. The van der Waals surface area contributed by atoms with Gasteiger partial charge in [-0.15, -0.1) is 11.3 Å². The first-order valence-corrected chi connectivity index (χ1v) is 7.43. The number of para-hydroxylation sites is 1. The Morgan fingerprint density at radius 1 is 1.25 bits per heavy atom. The Morgan fingerprint density at radius 3 is 2.85 bits per heavy atom. The predicted molar refractivity (Wildman–Crippen MR) is 87.6 cm³/mol. The van der Waals surface area contributed by atoms with Crippen LogP contribution in [0.25, 0.3) is 10.9 Å². The summed E-state index contributed by atoms with van der Waals surface area (Å²) in [7, 11) is 2.06. The summed E-state index contributed by atoms with van der Waals surface area (Å²) in [5.41, 5.74) is 8.66. The molecule has 0 radical (unpaired) electrons. The highest BCUT2D eigenvalue weighted by Crippen LogP contribution is 2.30. The van der Waals surface area contributed by atoms with Gasteiger partial charge in [-0.3, -0.25) is 4.98 Å². The Hall–Kier alpha value is -1.78. The van der Waals surface area contributed by atoms with E-state index in [9.17, 15) is 0 Å². The van der Waals surface area contributed by atoms with E-state index in [1.54, 1.807) is 17.5 Å². The number of anilines is 2. The third-order valence-electron chi connectivity index (χ3n) is 3.21. The zero-order valence-corrected chi connectivity index (χ0v) is 12.6. The highest BCUT2D eigenvalue weighted by molar-refractivity contribution is 7.16. The number of nitrogens with zero attached hydrogens (tertiary/aromatic N) is 2. The number of benzene rings is 1. The number of halogens is 1. The summed E-state index contributed by atoms with van der Waals surface area (Å²) in [5, 5.41) is 1.07. The minimum atomic E-state index is 0.705. The molecule has 0 amide bonds. The SMILES string of the molecule is CN(Cc1ccc(Cl)s1)c1ccnc2c(N)cccc12. The number of fused-ring (bicyclic) bond motifs is 1. The van der Waals surface area contributed by atoms with Crippen molar-refractivity contribution in [2.45, 2.75) is 6.54 Å². The molecule has 0 aliphatic heterocycles. The molecule has 1 aromatic carbocycles. The van der Waals surface area contributed by atoms with Crippen molar-refractivity contribution in [1.29, 1.82) is 0 Å². The molecule has 0 aliphatic rings. The monoisotopic (exact) mass is 303 g/mol. The quantitative estimate of drug-likeness (QED) is 0.738. The third-order valence-corrected chi connectivity index (χ3v) is 4.43. The van der Waals surface area contributed by atoms with Crippen molar-refractivity contribution in [1.82, 2.24) is 4.98 Å². The number of rotatable bonds is 3. The van der Waals surface area contributed by atoms with Gasteiger partial charge in [-0.05, 0) is 24.3 Å². The van der Waals surface area contributed by atoms with Gasteiger partial charge in [0, 0.05) is 29.2 Å². The van der Waals surface area contributed by atoms with E-state index in [0.29, 0.717) is 5.69 Å². The van der Waals surface area contributed by atoms with Crippen molar-refractivity contribution >= 4 is 45.2 Å². The zero-order valence-electron chi connectivity index (χ0n) is 11.0. The maximum Gasteiger partial charge on any atom is 0.0951 e. The molecule has 0 bridgehead atoms. The van der Waals surface area contributed by atoms with Gasteiger partial charge in [0.05, 0.1) is 22.1 Å². The molecule has 0 saturated heterocycles. The molecule has 20 heavy (non-hydrogen) atoms. The summed E-state index contributed by atoms with van der Waals surface area (Å²) in [4.78, 5) is 7.78. The lowest BCUT2D eigenvalue weighted by Gasteiger charge is -2.20. The average molecular weight is 304 g/mol. The van der Waals surface area contributed by atoms with Crippen LogP contribution < -0.4 is 10.6 Å². The van der Waals surface area contributed by atoms with Crippen LogP contribution >= 0.6 is 22.9 Å². The fourth-order valence-electron chi connectivity index (χ4n) is 2.27. The van der Waals surface area contributed by atoms with Crippen molar-refractivity contribution in [3.8, 4) is 0 Å². The maximum atomic E-state index is 5.98. The van der Waals surface area contributed by atoms with Crippen LogP contribution in [0.4, 0.5) is 11.4 Å². The van der Waals surface area contributed by atoms with Crippen molar-refractivity contribution in [3.05, 3.63) is 51.8 Å². The van der Waals surface area contributed by atoms with Gasteiger partial charge in [-0.2, -0.15) is 0 Å². The molecule has 3 nitrogen and oxygen atoms in total. The molecule has 5 heteroatoms. The molecule has 3 rings (SSSR count). The Bertz CT molecular complexity index is 754. The van der Waals surface area contributed by atoms with Crippen molar-refractivity contribution in [2.75, 3.05) is 17.7 Å². The number of aromatic nitrogens is 1. The number of pyridine rings is 1. The summed E-state index contributed by atoms with van der Waals surface area (Å²) in [5.74, 6) is 0. The van der Waals surface area contributed by atoms with Crippen LogP contribution in [-0.4, -0.2) is 12.0 Å². The normalized spacial score (nSPS) is 10.9. The molecule has 3 aromatic rings. The minimum Gasteiger partial charge on any atom is -0.397 e. The Kier molecular flexibility index (Phi) is 3.51. The lowest BCUT2D eigenvalue weighted by atomic mass is 10.1. The van der Waals surface area contributed by atoms with Crippen molar-refractivity contribution < 1.29 is 0 Å². The minimum absolute atomic E-state index is 0.705. The summed E-state index contributed by atoms with van der Waals surface area (Å²) in [6.07, 6.45) is 1.80. The van der Waals surface area contributed by atoms with Gasteiger partial charge >= 0.3 is 0 Å². The second kappa shape index (κ2) is 5.31. The van der Waals surface area contributed by atoms with Gasteiger partial charge in [0.1, 0.15) is 0 Å². The van der Waals surface area contributed by atoms with E-state index in [0.717, 1.165) is 27.5 Å². The Balaban J connectivity index is 1.99. The summed E-state index contributed by atoms with van der Waals surface area (Å²) in [6.45, 7) is 0.811. The molecule has 0 aliphatic carbocycles. The maximum absolute atomic E-state index is 5.98. The van der Waals surface area contributed by atoms with Crippen LogP contribution in [0.2, 0.25) is 4.34 Å². The molecule has 0 spiro atoms. The number of nitrogen functional groups attached to an aromatic ring is 1. The molecular weight excluding hydrogens is 290 g/mol. The molecule has 0 saturated carbocycles. The van der Waals surface area contributed by atoms with Crippen LogP contribution in [0.3, 0.4) is 0 Å². The van der Waals surface area contributed by atoms with E-state index in [-0.39, 0.29) is 0 Å². The summed E-state index contributed by atoms with van der Waals surface area (Å²) in [6, 6.07) is 11.9. The number of nitrogens with two attached hydrogens (primary N) is 1. The van der Waals surface area contributed by atoms with Crippen molar-refractivity contribution in [3.63, 3.8) is 0 Å². The van der Waals surface area contributed by atoms with E-state index in [1.807, 2.05) is 30.3 Å². The van der Waals surface area contributed by atoms with Crippen LogP contribution in [0.5, 0.6) is 0 Å². The van der Waals surface area contributed by atoms with Gasteiger partial charge < -0.3 is 10.6 Å². The molecule has 0 unspecified atom stereocenters. The smallest absolute Gasteiger partial charge is 0.0951 e. The van der Waals surface area contributed by atoms with Gasteiger partial charge in [-0.25, -0.2) is 0 Å². The molecule has 2 heterocycles. The first kappa shape index (κ1) is 13.2. The largest absolute Gasteiger partial charge is 0.397 e. The summed E-state index contributed by atoms with van der Waals surface area (Å²) < 4.78 is 0.817. The first-order valence-electron chi connectivity index (χ1n) is 6.24. The number of hydrogen-bond donors (Lipinski definition) is 1. The molecular formula is C15H14ClN3S. The van der Waals surface area contributed by atoms with Gasteiger partial charge in [0.15, 0.2) is 0 Å². The van der Waals surface area contributed by atoms with Crippen LogP contribution in [0.15, 0.2) is 42.6 Å². The third kappa shape index (κ3) is 2.44. The zero-order chi connectivity index (χ0) is 14.1. The summed E-state index contributed by atoms with van der Waals surface area (Å²) >= 11 is 7.58. The van der Waals surface area contributed by atoms with Crippen molar-refractivity contribution in [2.24, 2.45) is 0 Å². The van der Waals surface area contributed by atoms with Crippen LogP contribution in [-0.2, 0) is 6.54 Å². The second-order valence-electron chi connectivity index (χ2n) is 4.64. The molecule has 102 valence electrons. The van der Waals surface area contributed by atoms with E-state index in [1.165, 1.54) is 4.88 Å². The fourth-order valence-corrected chi connectivity index (χ4v) is 3.41. The van der Waals surface area contributed by atoms with Crippen LogP contribution in [0, 0.1) is 0 Å².